The summed E-state index contributed by atoms with van der Waals surface area (Å²) in [6, 6.07) is 8.15. The second-order valence-corrected chi connectivity index (χ2v) is 6.32. The SMILES string of the molecule is ClCC[C@@H]1c2ccc(Cl)cc2CCc2cc(Cl)cnc21. The molecule has 1 heterocycles. The number of hydrogen-bond acceptors (Lipinski definition) is 1. The Labute approximate surface area is 133 Å². The molecule has 1 atom stereocenters. The number of rotatable bonds is 2. The van der Waals surface area contributed by atoms with Gasteiger partial charge in [0.05, 0.1) is 10.7 Å². The summed E-state index contributed by atoms with van der Waals surface area (Å²) in [5.41, 5.74) is 4.92. The highest BCUT2D eigenvalue weighted by atomic mass is 35.5. The van der Waals surface area contributed by atoms with Crippen LogP contribution < -0.4 is 0 Å². The molecule has 0 bridgehead atoms. The van der Waals surface area contributed by atoms with E-state index in [0.717, 1.165) is 30.0 Å². The van der Waals surface area contributed by atoms with Gasteiger partial charge in [-0.3, -0.25) is 4.98 Å². The lowest BCUT2D eigenvalue weighted by Gasteiger charge is -2.18. The van der Waals surface area contributed by atoms with Gasteiger partial charge in [0, 0.05) is 23.0 Å². The van der Waals surface area contributed by atoms with Crippen LogP contribution in [-0.4, -0.2) is 10.9 Å². The van der Waals surface area contributed by atoms with E-state index < -0.39 is 0 Å². The van der Waals surface area contributed by atoms with E-state index >= 15 is 0 Å². The van der Waals surface area contributed by atoms with Crippen molar-refractivity contribution in [2.24, 2.45) is 0 Å². The first-order chi connectivity index (χ1) is 9.69. The van der Waals surface area contributed by atoms with E-state index in [1.807, 2.05) is 12.1 Å². The minimum Gasteiger partial charge on any atom is -0.259 e. The van der Waals surface area contributed by atoms with Crippen molar-refractivity contribution in [1.82, 2.24) is 4.98 Å². The van der Waals surface area contributed by atoms with Gasteiger partial charge in [0.25, 0.3) is 0 Å². The molecule has 3 rings (SSSR count). The van der Waals surface area contributed by atoms with Crippen LogP contribution in [0.25, 0.3) is 0 Å². The highest BCUT2D eigenvalue weighted by Gasteiger charge is 2.24. The highest BCUT2D eigenvalue weighted by molar-refractivity contribution is 6.30. The summed E-state index contributed by atoms with van der Waals surface area (Å²) in [7, 11) is 0. The molecule has 0 spiro atoms. The largest absolute Gasteiger partial charge is 0.259 e. The smallest absolute Gasteiger partial charge is 0.0592 e. The fourth-order valence-corrected chi connectivity index (χ4v) is 3.55. The molecule has 1 aliphatic carbocycles. The maximum Gasteiger partial charge on any atom is 0.0592 e. The molecule has 0 N–H and O–H groups in total. The molecule has 4 heteroatoms. The van der Waals surface area contributed by atoms with E-state index in [-0.39, 0.29) is 5.92 Å². The van der Waals surface area contributed by atoms with E-state index in [1.165, 1.54) is 16.7 Å². The molecule has 104 valence electrons. The van der Waals surface area contributed by atoms with Crippen LogP contribution in [0.1, 0.15) is 34.7 Å². The Bertz CT molecular complexity index is 586. The Morgan fingerprint density at radius 1 is 1.05 bits per heavy atom. The molecule has 0 saturated heterocycles. The molecule has 1 aromatic carbocycles. The average molecular weight is 327 g/mol. The molecule has 0 radical (unpaired) electrons. The molecular weight excluding hydrogens is 313 g/mol. The number of alkyl halides is 1. The zero-order valence-corrected chi connectivity index (χ0v) is 13.1. The van der Waals surface area contributed by atoms with Gasteiger partial charge in [0.2, 0.25) is 0 Å². The summed E-state index contributed by atoms with van der Waals surface area (Å²) in [5.74, 6) is 0.839. The Morgan fingerprint density at radius 3 is 2.60 bits per heavy atom. The van der Waals surface area contributed by atoms with Gasteiger partial charge in [0.1, 0.15) is 0 Å². The number of aromatic nitrogens is 1. The Hall–Kier alpha value is -0.760. The third-order valence-electron chi connectivity index (χ3n) is 3.84. The Kier molecular flexibility index (Phi) is 4.21. The molecule has 1 nitrogen and oxygen atoms in total. The second-order valence-electron chi connectivity index (χ2n) is 5.07. The zero-order valence-electron chi connectivity index (χ0n) is 10.9. The average Bonchev–Trinajstić information content (AvgIpc) is 2.57. The predicted octanol–water partition coefficient (Wildman–Crippen LogP) is 5.25. The number of halogens is 3. The summed E-state index contributed by atoms with van der Waals surface area (Å²) in [6.45, 7) is 0. The van der Waals surface area contributed by atoms with Crippen LogP contribution in [0.4, 0.5) is 0 Å². The maximum atomic E-state index is 6.13. The summed E-state index contributed by atoms with van der Waals surface area (Å²) >= 11 is 18.2. The van der Waals surface area contributed by atoms with Crippen molar-refractivity contribution in [3.05, 3.63) is 62.9 Å². The second kappa shape index (κ2) is 5.93. The van der Waals surface area contributed by atoms with Crippen LogP contribution in [0.5, 0.6) is 0 Å². The van der Waals surface area contributed by atoms with Crippen molar-refractivity contribution in [3.63, 3.8) is 0 Å². The van der Waals surface area contributed by atoms with E-state index in [2.05, 4.69) is 17.1 Å². The van der Waals surface area contributed by atoms with E-state index in [9.17, 15) is 0 Å². The van der Waals surface area contributed by atoms with Crippen molar-refractivity contribution in [2.75, 3.05) is 5.88 Å². The van der Waals surface area contributed by atoms with Gasteiger partial charge in [-0.05, 0) is 54.2 Å². The summed E-state index contributed by atoms with van der Waals surface area (Å²) in [6.07, 6.45) is 4.50. The predicted molar refractivity (Wildman–Crippen MR) is 85.3 cm³/mol. The Balaban J connectivity index is 2.15. The monoisotopic (exact) mass is 325 g/mol. The molecule has 2 aromatic rings. The van der Waals surface area contributed by atoms with Crippen molar-refractivity contribution >= 4 is 34.8 Å². The molecule has 1 aliphatic rings. The molecule has 0 unspecified atom stereocenters. The lowest BCUT2D eigenvalue weighted by atomic mass is 9.89. The normalized spacial score (nSPS) is 17.2. The van der Waals surface area contributed by atoms with Crippen LogP contribution in [0, 0.1) is 0 Å². The van der Waals surface area contributed by atoms with E-state index in [0.29, 0.717) is 10.9 Å². The number of pyridine rings is 1. The van der Waals surface area contributed by atoms with Crippen molar-refractivity contribution in [1.29, 1.82) is 0 Å². The first kappa shape index (κ1) is 14.2. The third kappa shape index (κ3) is 2.67. The topological polar surface area (TPSA) is 12.9 Å². The zero-order chi connectivity index (χ0) is 14.1. The summed E-state index contributed by atoms with van der Waals surface area (Å²) in [5, 5.41) is 1.47. The van der Waals surface area contributed by atoms with Gasteiger partial charge in [0.15, 0.2) is 0 Å². The van der Waals surface area contributed by atoms with Crippen LogP contribution in [0.15, 0.2) is 30.5 Å². The lowest BCUT2D eigenvalue weighted by molar-refractivity contribution is 0.748. The van der Waals surface area contributed by atoms with Gasteiger partial charge < -0.3 is 0 Å². The molecular formula is C16H14Cl3N. The molecule has 0 fully saturated rings. The molecule has 20 heavy (non-hydrogen) atoms. The van der Waals surface area contributed by atoms with Gasteiger partial charge in [-0.15, -0.1) is 11.6 Å². The highest BCUT2D eigenvalue weighted by Crippen LogP contribution is 2.37. The van der Waals surface area contributed by atoms with Crippen molar-refractivity contribution in [2.45, 2.75) is 25.2 Å². The molecule has 0 saturated carbocycles. The maximum absolute atomic E-state index is 6.13. The molecule has 0 aliphatic heterocycles. The Morgan fingerprint density at radius 2 is 1.80 bits per heavy atom. The minimum atomic E-state index is 0.231. The first-order valence-corrected chi connectivity index (χ1v) is 7.96. The number of fused-ring (bicyclic) bond motifs is 2. The lowest BCUT2D eigenvalue weighted by Crippen LogP contribution is -2.07. The van der Waals surface area contributed by atoms with Crippen molar-refractivity contribution < 1.29 is 0 Å². The minimum absolute atomic E-state index is 0.231. The standard InChI is InChI=1S/C16H14Cl3N/c17-6-5-15-14-4-3-12(18)7-10(14)1-2-11-8-13(19)9-20-16(11)15/h3-4,7-9,15H,1-2,5-6H2/t15-/m1/s1. The first-order valence-electron chi connectivity index (χ1n) is 6.67. The fourth-order valence-electron chi connectivity index (χ4n) is 2.95. The molecule has 0 amide bonds. The van der Waals surface area contributed by atoms with Gasteiger partial charge >= 0.3 is 0 Å². The van der Waals surface area contributed by atoms with Crippen LogP contribution in [0.2, 0.25) is 10.0 Å². The van der Waals surface area contributed by atoms with Gasteiger partial charge in [-0.1, -0.05) is 29.3 Å². The quantitative estimate of drug-likeness (QED) is 0.687. The van der Waals surface area contributed by atoms with Gasteiger partial charge in [-0.25, -0.2) is 0 Å². The number of benzene rings is 1. The number of nitrogens with zero attached hydrogens (tertiary/aromatic N) is 1. The van der Waals surface area contributed by atoms with E-state index in [4.69, 9.17) is 34.8 Å². The van der Waals surface area contributed by atoms with E-state index in [1.54, 1.807) is 6.20 Å². The fraction of sp³-hybridized carbons (Fsp3) is 0.312. The number of hydrogen-bond donors (Lipinski definition) is 0. The third-order valence-corrected chi connectivity index (χ3v) is 4.50. The summed E-state index contributed by atoms with van der Waals surface area (Å²) < 4.78 is 0. The van der Waals surface area contributed by atoms with Gasteiger partial charge in [-0.2, -0.15) is 0 Å². The van der Waals surface area contributed by atoms with Crippen LogP contribution >= 0.6 is 34.8 Å². The van der Waals surface area contributed by atoms with Crippen LogP contribution in [0.3, 0.4) is 0 Å². The van der Waals surface area contributed by atoms with Crippen molar-refractivity contribution in [3.8, 4) is 0 Å². The summed E-state index contributed by atoms with van der Waals surface area (Å²) in [4.78, 5) is 4.58. The molecule has 1 aromatic heterocycles. The number of aryl methyl sites for hydroxylation is 2. The van der Waals surface area contributed by atoms with Crippen LogP contribution in [-0.2, 0) is 12.8 Å².